The average Bonchev–Trinajstić information content (AvgIpc) is 3.03. The van der Waals surface area contributed by atoms with Crippen LogP contribution >= 0.6 is 0 Å². The molecule has 1 unspecified atom stereocenters. The maximum absolute atomic E-state index is 11.3. The molecule has 1 aromatic carbocycles. The number of hydrogen-bond donors (Lipinski definition) is 2. The molecule has 0 radical (unpaired) electrons. The molecule has 1 aliphatic heterocycles. The van der Waals surface area contributed by atoms with E-state index in [1.54, 1.807) is 0 Å². The molecule has 1 heterocycles. The van der Waals surface area contributed by atoms with Crippen LogP contribution in [0.2, 0.25) is 0 Å². The number of rotatable bonds is 4. The smallest absolute Gasteiger partial charge is 0.219 e. The summed E-state index contributed by atoms with van der Waals surface area (Å²) < 4.78 is 5.52. The van der Waals surface area contributed by atoms with Crippen molar-refractivity contribution in [2.75, 3.05) is 13.2 Å². The number of hydrogen-bond acceptors (Lipinski definition) is 3. The summed E-state index contributed by atoms with van der Waals surface area (Å²) in [6.07, 6.45) is 3.12. The highest BCUT2D eigenvalue weighted by Crippen LogP contribution is 2.46. The lowest BCUT2D eigenvalue weighted by molar-refractivity contribution is -0.120. The molecule has 0 spiro atoms. The highest BCUT2D eigenvalue weighted by Gasteiger charge is 2.33. The van der Waals surface area contributed by atoms with E-state index in [0.717, 1.165) is 30.6 Å². The first-order chi connectivity index (χ1) is 9.70. The predicted octanol–water partition coefficient (Wildman–Crippen LogP) is 2.06. The molecule has 0 saturated carbocycles. The van der Waals surface area contributed by atoms with Gasteiger partial charge in [0.15, 0.2) is 0 Å². The van der Waals surface area contributed by atoms with Crippen LogP contribution in [0.25, 0.3) is 0 Å². The van der Waals surface area contributed by atoms with Crippen molar-refractivity contribution in [2.45, 2.75) is 44.6 Å². The van der Waals surface area contributed by atoms with Crippen LogP contribution in [0, 0.1) is 0 Å². The molecule has 1 aromatic rings. The summed E-state index contributed by atoms with van der Waals surface area (Å²) in [4.78, 5) is 11.3. The molecule has 1 amide bonds. The zero-order chi connectivity index (χ0) is 14.1. The number of aliphatic hydroxyl groups is 1. The van der Waals surface area contributed by atoms with Gasteiger partial charge in [0.05, 0.1) is 0 Å². The van der Waals surface area contributed by atoms with Gasteiger partial charge in [-0.1, -0.05) is 13.0 Å². The molecule has 3 rings (SSSR count). The Hall–Kier alpha value is -1.55. The lowest BCUT2D eigenvalue weighted by Crippen LogP contribution is -2.24. The van der Waals surface area contributed by atoms with Gasteiger partial charge in [-0.3, -0.25) is 4.79 Å². The molecule has 20 heavy (non-hydrogen) atoms. The molecule has 0 aromatic heterocycles. The molecular weight excluding hydrogens is 254 g/mol. The fourth-order valence-electron chi connectivity index (χ4n) is 3.36. The highest BCUT2D eigenvalue weighted by molar-refractivity contribution is 5.75. The van der Waals surface area contributed by atoms with Crippen molar-refractivity contribution in [3.63, 3.8) is 0 Å². The van der Waals surface area contributed by atoms with Gasteiger partial charge in [0.2, 0.25) is 5.91 Å². The Labute approximate surface area is 119 Å². The first-order valence-corrected chi connectivity index (χ1v) is 7.44. The molecule has 2 N–H and O–H groups in total. The van der Waals surface area contributed by atoms with Crippen molar-refractivity contribution in [2.24, 2.45) is 0 Å². The van der Waals surface area contributed by atoms with Gasteiger partial charge >= 0.3 is 0 Å². The Morgan fingerprint density at radius 2 is 2.30 bits per heavy atom. The summed E-state index contributed by atoms with van der Waals surface area (Å²) in [7, 11) is 0. The summed E-state index contributed by atoms with van der Waals surface area (Å²) in [6, 6.07) is 4.10. The van der Waals surface area contributed by atoms with E-state index in [0.29, 0.717) is 25.5 Å². The maximum Gasteiger partial charge on any atom is 0.219 e. The van der Waals surface area contributed by atoms with E-state index in [4.69, 9.17) is 4.74 Å². The number of ether oxygens (including phenoxy) is 1. The third-order valence-corrected chi connectivity index (χ3v) is 4.37. The Balaban J connectivity index is 1.76. The summed E-state index contributed by atoms with van der Waals surface area (Å²) in [5.41, 5.74) is 3.60. The number of amides is 1. The molecule has 4 heteroatoms. The van der Waals surface area contributed by atoms with Crippen molar-refractivity contribution in [3.8, 4) is 5.75 Å². The Bertz CT molecular complexity index is 527. The minimum atomic E-state index is -0.495. The first kappa shape index (κ1) is 13.4. The normalized spacial score (nSPS) is 23.1. The van der Waals surface area contributed by atoms with Crippen LogP contribution in [0.3, 0.4) is 0 Å². The van der Waals surface area contributed by atoms with Crippen molar-refractivity contribution < 1.29 is 14.6 Å². The number of carbonyl (C=O) groups is 1. The molecule has 0 fully saturated rings. The second-order valence-electron chi connectivity index (χ2n) is 5.60. The van der Waals surface area contributed by atoms with Crippen LogP contribution in [0.1, 0.15) is 54.9 Å². The molecule has 0 bridgehead atoms. The van der Waals surface area contributed by atoms with Crippen molar-refractivity contribution in [3.05, 3.63) is 28.8 Å². The van der Waals surface area contributed by atoms with Gasteiger partial charge in [-0.2, -0.15) is 0 Å². The fraction of sp³-hybridized carbons (Fsp3) is 0.562. The monoisotopic (exact) mass is 275 g/mol. The third-order valence-electron chi connectivity index (χ3n) is 4.37. The number of fused-ring (bicyclic) bond motifs is 3. The van der Waals surface area contributed by atoms with E-state index in [1.165, 1.54) is 11.1 Å². The minimum Gasteiger partial charge on any atom is -0.490 e. The molecule has 0 saturated heterocycles. The van der Waals surface area contributed by atoms with Crippen molar-refractivity contribution in [1.82, 2.24) is 5.32 Å². The fourth-order valence-corrected chi connectivity index (χ4v) is 3.36. The largest absolute Gasteiger partial charge is 0.490 e. The molecule has 108 valence electrons. The Morgan fingerprint density at radius 3 is 3.10 bits per heavy atom. The number of carbonyl (C=O) groups excluding carboxylic acids is 1. The quantitative estimate of drug-likeness (QED) is 0.884. The zero-order valence-corrected chi connectivity index (χ0v) is 11.8. The zero-order valence-electron chi connectivity index (χ0n) is 11.8. The summed E-state index contributed by atoms with van der Waals surface area (Å²) >= 11 is 0. The molecule has 2 aliphatic rings. The number of benzene rings is 1. The van der Waals surface area contributed by atoms with Crippen molar-refractivity contribution in [1.29, 1.82) is 0 Å². The Kier molecular flexibility index (Phi) is 3.66. The lowest BCUT2D eigenvalue weighted by atomic mass is 9.91. The predicted molar refractivity (Wildman–Crippen MR) is 75.9 cm³/mol. The van der Waals surface area contributed by atoms with E-state index in [2.05, 4.69) is 11.4 Å². The molecule has 2 atom stereocenters. The second kappa shape index (κ2) is 5.44. The van der Waals surface area contributed by atoms with E-state index in [-0.39, 0.29) is 5.91 Å². The molecule has 4 nitrogen and oxygen atoms in total. The highest BCUT2D eigenvalue weighted by atomic mass is 16.5. The van der Waals surface area contributed by atoms with E-state index in [1.807, 2.05) is 13.0 Å². The van der Waals surface area contributed by atoms with Gasteiger partial charge in [-0.05, 0) is 42.4 Å². The SMILES string of the molecule is CCC(=O)NCC[C@H]1CCc2ccc3c(c21)C(O)CO3. The van der Waals surface area contributed by atoms with Gasteiger partial charge in [-0.25, -0.2) is 0 Å². The lowest BCUT2D eigenvalue weighted by Gasteiger charge is -2.16. The average molecular weight is 275 g/mol. The van der Waals surface area contributed by atoms with Crippen LogP contribution in [0.5, 0.6) is 5.75 Å². The van der Waals surface area contributed by atoms with Gasteiger partial charge in [0.25, 0.3) is 0 Å². The van der Waals surface area contributed by atoms with E-state index >= 15 is 0 Å². The van der Waals surface area contributed by atoms with Crippen molar-refractivity contribution >= 4 is 5.91 Å². The third kappa shape index (κ3) is 2.29. The van der Waals surface area contributed by atoms with Crippen LogP contribution in [0.4, 0.5) is 0 Å². The Morgan fingerprint density at radius 1 is 1.45 bits per heavy atom. The maximum atomic E-state index is 11.3. The van der Waals surface area contributed by atoms with Crippen LogP contribution in [-0.2, 0) is 11.2 Å². The number of aliphatic hydroxyl groups excluding tert-OH is 1. The van der Waals surface area contributed by atoms with Crippen LogP contribution in [0.15, 0.2) is 12.1 Å². The number of nitrogens with one attached hydrogen (secondary N) is 1. The first-order valence-electron chi connectivity index (χ1n) is 7.44. The van der Waals surface area contributed by atoms with Gasteiger partial charge in [0.1, 0.15) is 18.5 Å². The standard InChI is InChI=1S/C16H21NO3/c1-2-14(19)17-8-7-11-4-3-10-5-6-13-16(15(10)11)12(18)9-20-13/h5-6,11-12,18H,2-4,7-9H2,1H3,(H,17,19)/t11-,12?/m1/s1. The topological polar surface area (TPSA) is 58.6 Å². The molecular formula is C16H21NO3. The van der Waals surface area contributed by atoms with Gasteiger partial charge < -0.3 is 15.2 Å². The minimum absolute atomic E-state index is 0.102. The van der Waals surface area contributed by atoms with Gasteiger partial charge in [-0.15, -0.1) is 0 Å². The van der Waals surface area contributed by atoms with Crippen LogP contribution in [-0.4, -0.2) is 24.2 Å². The van der Waals surface area contributed by atoms with Gasteiger partial charge in [0, 0.05) is 18.5 Å². The molecule has 1 aliphatic carbocycles. The summed E-state index contributed by atoms with van der Waals surface area (Å²) in [6.45, 7) is 2.93. The second-order valence-corrected chi connectivity index (χ2v) is 5.60. The summed E-state index contributed by atoms with van der Waals surface area (Å²) in [5.74, 6) is 1.36. The van der Waals surface area contributed by atoms with E-state index < -0.39 is 6.10 Å². The van der Waals surface area contributed by atoms with Crippen LogP contribution < -0.4 is 10.1 Å². The van der Waals surface area contributed by atoms with E-state index in [9.17, 15) is 9.90 Å². The summed E-state index contributed by atoms with van der Waals surface area (Å²) in [5, 5.41) is 13.1. The number of aryl methyl sites for hydroxylation is 1.